The third-order valence-corrected chi connectivity index (χ3v) is 4.33. The molecule has 1 heterocycles. The van der Waals surface area contributed by atoms with Crippen LogP contribution in [-0.4, -0.2) is 23.2 Å². The van der Waals surface area contributed by atoms with Gasteiger partial charge in [-0.15, -0.1) is 0 Å². The van der Waals surface area contributed by atoms with Crippen LogP contribution in [0, 0.1) is 0 Å². The molecular formula is C15H26N4O. The SMILES string of the molecule is CCOC1(C(Cc2cnccc2N)NN)CCCCC1. The van der Waals surface area contributed by atoms with Crippen LogP contribution < -0.4 is 17.0 Å². The van der Waals surface area contributed by atoms with E-state index in [1.165, 1.54) is 19.3 Å². The molecule has 5 heteroatoms. The molecule has 0 aliphatic heterocycles. The molecule has 5 N–H and O–H groups in total. The molecule has 1 aliphatic rings. The predicted molar refractivity (Wildman–Crippen MR) is 80.9 cm³/mol. The fourth-order valence-electron chi connectivity index (χ4n) is 3.26. The monoisotopic (exact) mass is 278 g/mol. The Morgan fingerprint density at radius 1 is 1.40 bits per heavy atom. The summed E-state index contributed by atoms with van der Waals surface area (Å²) in [7, 11) is 0. The quantitative estimate of drug-likeness (QED) is 0.545. The molecule has 1 unspecified atom stereocenters. The van der Waals surface area contributed by atoms with Gasteiger partial charge in [0.2, 0.25) is 0 Å². The summed E-state index contributed by atoms with van der Waals surface area (Å²) in [6.45, 7) is 2.75. The van der Waals surface area contributed by atoms with Crippen LogP contribution in [0.25, 0.3) is 0 Å². The smallest absolute Gasteiger partial charge is 0.0851 e. The maximum absolute atomic E-state index is 6.13. The van der Waals surface area contributed by atoms with Gasteiger partial charge in [0.25, 0.3) is 0 Å². The van der Waals surface area contributed by atoms with E-state index in [2.05, 4.69) is 10.4 Å². The lowest BCUT2D eigenvalue weighted by Gasteiger charge is -2.43. The Labute approximate surface area is 121 Å². The van der Waals surface area contributed by atoms with Crippen molar-refractivity contribution in [2.24, 2.45) is 5.84 Å². The Morgan fingerprint density at radius 2 is 2.15 bits per heavy atom. The highest BCUT2D eigenvalue weighted by molar-refractivity contribution is 5.44. The highest BCUT2D eigenvalue weighted by Gasteiger charge is 2.40. The molecule has 1 fully saturated rings. The molecular weight excluding hydrogens is 252 g/mol. The van der Waals surface area contributed by atoms with Crippen LogP contribution in [0.4, 0.5) is 5.69 Å². The van der Waals surface area contributed by atoms with Crippen molar-refractivity contribution in [3.8, 4) is 0 Å². The minimum atomic E-state index is -0.177. The molecule has 0 amide bonds. The second kappa shape index (κ2) is 7.02. The van der Waals surface area contributed by atoms with Crippen molar-refractivity contribution in [2.45, 2.75) is 57.1 Å². The fourth-order valence-corrected chi connectivity index (χ4v) is 3.26. The van der Waals surface area contributed by atoms with E-state index in [0.29, 0.717) is 6.61 Å². The molecule has 1 atom stereocenters. The number of pyridine rings is 1. The van der Waals surface area contributed by atoms with E-state index in [4.69, 9.17) is 16.3 Å². The van der Waals surface area contributed by atoms with Crippen molar-refractivity contribution < 1.29 is 4.74 Å². The molecule has 2 rings (SSSR count). The van der Waals surface area contributed by atoms with Crippen molar-refractivity contribution in [2.75, 3.05) is 12.3 Å². The molecule has 5 nitrogen and oxygen atoms in total. The second-order valence-corrected chi connectivity index (χ2v) is 5.56. The Kier molecular flexibility index (Phi) is 5.34. The molecule has 0 aromatic carbocycles. The molecule has 1 aromatic heterocycles. The number of hydrogen-bond donors (Lipinski definition) is 3. The number of hydrazine groups is 1. The molecule has 0 radical (unpaired) electrons. The first-order chi connectivity index (χ1) is 9.72. The summed E-state index contributed by atoms with van der Waals surface area (Å²) in [5.74, 6) is 5.83. The van der Waals surface area contributed by atoms with Gasteiger partial charge in [0.15, 0.2) is 0 Å². The topological polar surface area (TPSA) is 86.2 Å². The number of aromatic nitrogens is 1. The van der Waals surface area contributed by atoms with E-state index < -0.39 is 0 Å². The van der Waals surface area contributed by atoms with Crippen LogP contribution >= 0.6 is 0 Å². The number of rotatable bonds is 6. The summed E-state index contributed by atoms with van der Waals surface area (Å²) >= 11 is 0. The highest BCUT2D eigenvalue weighted by Crippen LogP contribution is 2.36. The van der Waals surface area contributed by atoms with Crippen LogP contribution in [0.15, 0.2) is 18.5 Å². The van der Waals surface area contributed by atoms with Crippen molar-refractivity contribution in [1.29, 1.82) is 0 Å². The van der Waals surface area contributed by atoms with Gasteiger partial charge >= 0.3 is 0 Å². The zero-order valence-electron chi connectivity index (χ0n) is 12.3. The maximum atomic E-state index is 6.13. The van der Waals surface area contributed by atoms with Crippen molar-refractivity contribution in [1.82, 2.24) is 10.4 Å². The van der Waals surface area contributed by atoms with Gasteiger partial charge in [-0.2, -0.15) is 0 Å². The van der Waals surface area contributed by atoms with Crippen LogP contribution in [0.1, 0.15) is 44.6 Å². The van der Waals surface area contributed by atoms with Gasteiger partial charge in [-0.1, -0.05) is 19.3 Å². The number of hydrogen-bond acceptors (Lipinski definition) is 5. The average molecular weight is 278 g/mol. The summed E-state index contributed by atoms with van der Waals surface area (Å²) in [4.78, 5) is 4.16. The van der Waals surface area contributed by atoms with E-state index >= 15 is 0 Å². The zero-order valence-corrected chi connectivity index (χ0v) is 12.3. The van der Waals surface area contributed by atoms with Gasteiger partial charge in [-0.25, -0.2) is 0 Å². The van der Waals surface area contributed by atoms with E-state index in [0.717, 1.165) is 30.5 Å². The Hall–Kier alpha value is -1.17. The summed E-state index contributed by atoms with van der Waals surface area (Å²) in [6.07, 6.45) is 10.1. The molecule has 1 aromatic rings. The molecule has 0 bridgehead atoms. The molecule has 112 valence electrons. The van der Waals surface area contributed by atoms with Gasteiger partial charge in [0.05, 0.1) is 11.6 Å². The minimum Gasteiger partial charge on any atom is -0.398 e. The largest absolute Gasteiger partial charge is 0.398 e. The fraction of sp³-hybridized carbons (Fsp3) is 0.667. The summed E-state index contributed by atoms with van der Waals surface area (Å²) < 4.78 is 6.13. The number of nitrogens with one attached hydrogen (secondary N) is 1. The van der Waals surface area contributed by atoms with Crippen molar-refractivity contribution >= 4 is 5.69 Å². The van der Waals surface area contributed by atoms with E-state index in [9.17, 15) is 0 Å². The van der Waals surface area contributed by atoms with E-state index in [-0.39, 0.29) is 11.6 Å². The third-order valence-electron chi connectivity index (χ3n) is 4.33. The van der Waals surface area contributed by atoms with Crippen molar-refractivity contribution in [3.63, 3.8) is 0 Å². The molecule has 20 heavy (non-hydrogen) atoms. The minimum absolute atomic E-state index is 0.0641. The zero-order chi connectivity index (χ0) is 14.4. The summed E-state index contributed by atoms with van der Waals surface area (Å²) in [5.41, 5.74) is 10.6. The number of nitrogens with zero attached hydrogens (tertiary/aromatic N) is 1. The third kappa shape index (κ3) is 3.29. The molecule has 0 spiro atoms. The van der Waals surface area contributed by atoms with Gasteiger partial charge in [0, 0.05) is 24.7 Å². The number of nitrogen functional groups attached to an aromatic ring is 1. The number of anilines is 1. The normalized spacial score (nSPS) is 19.7. The molecule has 0 saturated heterocycles. The van der Waals surface area contributed by atoms with Crippen LogP contribution in [0.5, 0.6) is 0 Å². The predicted octanol–water partition coefficient (Wildman–Crippen LogP) is 1.78. The summed E-state index contributed by atoms with van der Waals surface area (Å²) in [6, 6.07) is 1.89. The first-order valence-corrected chi connectivity index (χ1v) is 7.50. The maximum Gasteiger partial charge on any atom is 0.0851 e. The first kappa shape index (κ1) is 15.2. The van der Waals surface area contributed by atoms with Crippen molar-refractivity contribution in [3.05, 3.63) is 24.0 Å². The van der Waals surface area contributed by atoms with Gasteiger partial charge in [0.1, 0.15) is 0 Å². The lowest BCUT2D eigenvalue weighted by atomic mass is 9.77. The first-order valence-electron chi connectivity index (χ1n) is 7.50. The number of ether oxygens (including phenoxy) is 1. The Bertz CT molecular complexity index is 413. The van der Waals surface area contributed by atoms with Crippen LogP contribution in [0.2, 0.25) is 0 Å². The molecule has 1 saturated carbocycles. The summed E-state index contributed by atoms with van der Waals surface area (Å²) in [5, 5.41) is 0. The Morgan fingerprint density at radius 3 is 2.75 bits per heavy atom. The van der Waals surface area contributed by atoms with Crippen LogP contribution in [-0.2, 0) is 11.2 Å². The standard InChI is InChI=1S/C15H26N4O/c1-2-20-15(7-4-3-5-8-15)14(19-17)10-12-11-18-9-6-13(12)16/h6,9,11,14,19H,2-5,7-8,10,17H2,1H3,(H2,16,18). The van der Waals surface area contributed by atoms with E-state index in [1.54, 1.807) is 6.20 Å². The van der Waals surface area contributed by atoms with Gasteiger partial charge in [-0.3, -0.25) is 16.3 Å². The number of nitrogens with two attached hydrogens (primary N) is 2. The highest BCUT2D eigenvalue weighted by atomic mass is 16.5. The Balaban J connectivity index is 2.18. The average Bonchev–Trinajstić information content (AvgIpc) is 2.47. The van der Waals surface area contributed by atoms with Gasteiger partial charge < -0.3 is 10.5 Å². The molecule has 1 aliphatic carbocycles. The van der Waals surface area contributed by atoms with E-state index in [1.807, 2.05) is 19.2 Å². The lowest BCUT2D eigenvalue weighted by molar-refractivity contribution is -0.0898. The second-order valence-electron chi connectivity index (χ2n) is 5.56. The van der Waals surface area contributed by atoms with Gasteiger partial charge in [-0.05, 0) is 37.8 Å². The van der Waals surface area contributed by atoms with Crippen LogP contribution in [0.3, 0.4) is 0 Å². The lowest BCUT2D eigenvalue weighted by Crippen LogP contribution is -2.57.